The Labute approximate surface area is 209 Å². The van der Waals surface area contributed by atoms with E-state index in [0.717, 1.165) is 10.0 Å². The molecule has 2 aromatic carbocycles. The number of hydrogen-bond acceptors (Lipinski definition) is 5. The van der Waals surface area contributed by atoms with Crippen molar-refractivity contribution in [2.75, 3.05) is 0 Å². The minimum Gasteiger partial charge on any atom is -0.475 e. The summed E-state index contributed by atoms with van der Waals surface area (Å²) in [6, 6.07) is 14.8. The highest BCUT2D eigenvalue weighted by Gasteiger charge is 2.46. The van der Waals surface area contributed by atoms with Gasteiger partial charge in [-0.05, 0) is 11.5 Å². The van der Waals surface area contributed by atoms with Crippen molar-refractivity contribution in [3.63, 3.8) is 0 Å². The molecule has 2 aromatic rings. The number of Topliss-reactive ketones (excluding diaryl/α,β-unsaturated/α-hetero) is 1. The highest BCUT2D eigenvalue weighted by Crippen LogP contribution is 2.33. The normalized spacial score (nSPS) is 16.4. The van der Waals surface area contributed by atoms with E-state index in [9.17, 15) is 29.1 Å². The van der Waals surface area contributed by atoms with E-state index < -0.39 is 35.7 Å². The predicted octanol–water partition coefficient (Wildman–Crippen LogP) is 2.73. The Morgan fingerprint density at radius 1 is 0.944 bits per heavy atom. The van der Waals surface area contributed by atoms with E-state index in [-0.39, 0.29) is 23.9 Å². The Morgan fingerprint density at radius 3 is 1.97 bits per heavy atom. The molecular weight excluding hydrogens is 462 g/mol. The number of aliphatic carboxylic acids is 1. The summed E-state index contributed by atoms with van der Waals surface area (Å²) < 4.78 is 0. The van der Waals surface area contributed by atoms with Crippen LogP contribution >= 0.6 is 0 Å². The zero-order valence-corrected chi connectivity index (χ0v) is 20.6. The SMILES string of the molecule is CC(=O)N1C=C(c2ccccc2)N(N(C(C)=O)[C@@H](Cc2ccccc2)C(=O)C(=O)O)C(=O)C1C(C)C. The number of benzene rings is 2. The second kappa shape index (κ2) is 11.0. The standard InChI is InChI=1S/C27H29N3O6/c1-17(2)24-26(34)30(23(16-28(24)18(3)31)21-13-9-6-10-14-21)29(19(4)32)22(25(33)27(35)36)15-20-11-7-5-8-12-20/h5-14,16-17,22,24H,15H2,1-4H3,(H,35,36)/t22-,24?/m0/s1. The van der Waals surface area contributed by atoms with E-state index in [1.165, 1.54) is 24.9 Å². The number of nitrogens with zero attached hydrogens (tertiary/aromatic N) is 3. The van der Waals surface area contributed by atoms with Gasteiger partial charge in [-0.2, -0.15) is 0 Å². The van der Waals surface area contributed by atoms with Crippen molar-refractivity contribution in [1.82, 2.24) is 14.9 Å². The van der Waals surface area contributed by atoms with Crippen LogP contribution in [0, 0.1) is 5.92 Å². The van der Waals surface area contributed by atoms with Gasteiger partial charge >= 0.3 is 5.97 Å². The smallest absolute Gasteiger partial charge is 0.374 e. The van der Waals surface area contributed by atoms with Crippen LogP contribution in [0.1, 0.15) is 38.8 Å². The van der Waals surface area contributed by atoms with Crippen LogP contribution in [0.5, 0.6) is 0 Å². The number of ketones is 1. The zero-order valence-electron chi connectivity index (χ0n) is 20.6. The van der Waals surface area contributed by atoms with Gasteiger partial charge in [0, 0.05) is 32.0 Å². The second-order valence-corrected chi connectivity index (χ2v) is 8.88. The molecule has 0 saturated carbocycles. The molecule has 188 valence electrons. The van der Waals surface area contributed by atoms with E-state index in [0.29, 0.717) is 11.1 Å². The lowest BCUT2D eigenvalue weighted by Gasteiger charge is -2.46. The lowest BCUT2D eigenvalue weighted by atomic mass is 9.97. The Hall–Kier alpha value is -4.27. The lowest BCUT2D eigenvalue weighted by Crippen LogP contribution is -2.63. The molecule has 2 atom stereocenters. The molecule has 1 unspecified atom stereocenters. The minimum absolute atomic E-state index is 0.125. The van der Waals surface area contributed by atoms with Crippen LogP contribution < -0.4 is 0 Å². The Bertz CT molecular complexity index is 1190. The maximum absolute atomic E-state index is 14.0. The van der Waals surface area contributed by atoms with Crippen molar-refractivity contribution in [2.45, 2.75) is 46.2 Å². The third-order valence-corrected chi connectivity index (χ3v) is 5.93. The first-order valence-corrected chi connectivity index (χ1v) is 11.6. The maximum atomic E-state index is 14.0. The summed E-state index contributed by atoms with van der Waals surface area (Å²) in [5.74, 6) is -4.97. The van der Waals surface area contributed by atoms with E-state index in [2.05, 4.69) is 0 Å². The fraction of sp³-hybridized carbons (Fsp3) is 0.296. The molecule has 36 heavy (non-hydrogen) atoms. The van der Waals surface area contributed by atoms with Gasteiger partial charge in [-0.25, -0.2) is 14.8 Å². The molecule has 0 saturated heterocycles. The van der Waals surface area contributed by atoms with Crippen molar-refractivity contribution < 1.29 is 29.1 Å². The Balaban J connectivity index is 2.26. The van der Waals surface area contributed by atoms with Crippen LogP contribution in [0.4, 0.5) is 0 Å². The van der Waals surface area contributed by atoms with Crippen LogP contribution in [0.3, 0.4) is 0 Å². The minimum atomic E-state index is -1.72. The fourth-order valence-electron chi connectivity index (χ4n) is 4.32. The molecule has 0 aromatic heterocycles. The molecule has 0 spiro atoms. The first kappa shape index (κ1) is 26.3. The molecule has 1 aliphatic rings. The van der Waals surface area contributed by atoms with E-state index >= 15 is 0 Å². The van der Waals surface area contributed by atoms with Crippen molar-refractivity contribution in [1.29, 1.82) is 0 Å². The summed E-state index contributed by atoms with van der Waals surface area (Å²) in [4.78, 5) is 65.7. The predicted molar refractivity (Wildman–Crippen MR) is 132 cm³/mol. The first-order valence-electron chi connectivity index (χ1n) is 11.6. The number of carbonyl (C=O) groups excluding carboxylic acids is 4. The molecule has 9 nitrogen and oxygen atoms in total. The highest BCUT2D eigenvalue weighted by molar-refractivity contribution is 6.35. The van der Waals surface area contributed by atoms with Crippen molar-refractivity contribution in [2.24, 2.45) is 5.92 Å². The molecular formula is C27H29N3O6. The van der Waals surface area contributed by atoms with Gasteiger partial charge in [-0.1, -0.05) is 74.5 Å². The van der Waals surface area contributed by atoms with Crippen LogP contribution in [0.25, 0.3) is 5.70 Å². The summed E-state index contributed by atoms with van der Waals surface area (Å²) >= 11 is 0. The molecule has 0 fully saturated rings. The molecule has 0 aliphatic carbocycles. The number of hydrogen-bond donors (Lipinski definition) is 1. The molecule has 3 rings (SSSR count). The summed E-state index contributed by atoms with van der Waals surface area (Å²) in [5, 5.41) is 11.6. The molecule has 1 heterocycles. The van der Waals surface area contributed by atoms with Gasteiger partial charge in [0.2, 0.25) is 11.8 Å². The van der Waals surface area contributed by atoms with Crippen molar-refractivity contribution >= 4 is 35.2 Å². The Morgan fingerprint density at radius 2 is 1.50 bits per heavy atom. The van der Waals surface area contributed by atoms with Gasteiger partial charge in [0.05, 0.1) is 5.70 Å². The third kappa shape index (κ3) is 5.35. The zero-order chi connectivity index (χ0) is 26.6. The van der Waals surface area contributed by atoms with Gasteiger partial charge in [0.15, 0.2) is 0 Å². The number of carbonyl (C=O) groups is 5. The second-order valence-electron chi connectivity index (χ2n) is 8.88. The van der Waals surface area contributed by atoms with Gasteiger partial charge in [-0.15, -0.1) is 0 Å². The third-order valence-electron chi connectivity index (χ3n) is 5.93. The van der Waals surface area contributed by atoms with Gasteiger partial charge < -0.3 is 10.0 Å². The molecule has 3 amide bonds. The van der Waals surface area contributed by atoms with E-state index in [4.69, 9.17) is 0 Å². The summed E-state index contributed by atoms with van der Waals surface area (Å²) in [6.45, 7) is 6.04. The maximum Gasteiger partial charge on any atom is 0.374 e. The monoisotopic (exact) mass is 491 g/mol. The number of carboxylic acid groups (broad SMARTS) is 1. The molecule has 1 aliphatic heterocycles. The average Bonchev–Trinajstić information content (AvgIpc) is 2.84. The number of hydrazine groups is 1. The number of carboxylic acids is 1. The number of amides is 3. The van der Waals surface area contributed by atoms with Crippen LogP contribution in [0.2, 0.25) is 0 Å². The summed E-state index contributed by atoms with van der Waals surface area (Å²) in [6.07, 6.45) is 1.35. The van der Waals surface area contributed by atoms with Crippen LogP contribution in [0.15, 0.2) is 66.9 Å². The number of rotatable bonds is 8. The topological polar surface area (TPSA) is 115 Å². The summed E-state index contributed by atoms with van der Waals surface area (Å²) in [5.41, 5.74) is 1.30. The molecule has 9 heteroatoms. The van der Waals surface area contributed by atoms with Crippen LogP contribution in [-0.4, -0.2) is 61.6 Å². The molecule has 1 N–H and O–H groups in total. The van der Waals surface area contributed by atoms with E-state index in [1.807, 2.05) is 0 Å². The average molecular weight is 492 g/mol. The fourth-order valence-corrected chi connectivity index (χ4v) is 4.32. The molecule has 0 radical (unpaired) electrons. The van der Waals surface area contributed by atoms with Gasteiger partial charge in [0.25, 0.3) is 11.7 Å². The van der Waals surface area contributed by atoms with Crippen molar-refractivity contribution in [3.05, 3.63) is 78.0 Å². The van der Waals surface area contributed by atoms with Crippen molar-refractivity contribution in [3.8, 4) is 0 Å². The largest absolute Gasteiger partial charge is 0.475 e. The first-order chi connectivity index (χ1) is 17.0. The summed E-state index contributed by atoms with van der Waals surface area (Å²) in [7, 11) is 0. The Kier molecular flexibility index (Phi) is 8.03. The lowest BCUT2D eigenvalue weighted by molar-refractivity contribution is -0.171. The van der Waals surface area contributed by atoms with Crippen LogP contribution in [-0.2, 0) is 30.4 Å². The highest BCUT2D eigenvalue weighted by atomic mass is 16.4. The van der Waals surface area contributed by atoms with Gasteiger partial charge in [0.1, 0.15) is 12.1 Å². The molecule has 0 bridgehead atoms. The van der Waals surface area contributed by atoms with E-state index in [1.54, 1.807) is 74.5 Å². The quantitative estimate of drug-likeness (QED) is 0.568. The van der Waals surface area contributed by atoms with Gasteiger partial charge in [-0.3, -0.25) is 19.2 Å².